The van der Waals surface area contributed by atoms with Gasteiger partial charge < -0.3 is 9.80 Å². The van der Waals surface area contributed by atoms with Crippen molar-refractivity contribution in [1.82, 2.24) is 4.90 Å². The third kappa shape index (κ3) is 2.50. The molecule has 0 bridgehead atoms. The molecule has 2 amide bonds. The van der Waals surface area contributed by atoms with Crippen molar-refractivity contribution in [3.05, 3.63) is 65.5 Å². The Morgan fingerprint density at radius 1 is 1.15 bits per heavy atom. The number of fused-ring (bicyclic) bond motifs is 2. The number of nitrogens with zero attached hydrogens (tertiary/aromatic N) is 2. The molecule has 0 aromatic heterocycles. The second-order valence-corrected chi connectivity index (χ2v) is 8.58. The number of amides is 2. The van der Waals surface area contributed by atoms with Gasteiger partial charge in [-0.1, -0.05) is 30.3 Å². The monoisotopic (exact) mass is 382 g/mol. The quantitative estimate of drug-likeness (QED) is 0.816. The number of thioether (sulfide) groups is 1. The zero-order valence-corrected chi connectivity index (χ0v) is 15.5. The van der Waals surface area contributed by atoms with Gasteiger partial charge in [-0.25, -0.2) is 4.39 Å². The van der Waals surface area contributed by atoms with Crippen LogP contribution in [-0.4, -0.2) is 29.0 Å². The molecule has 2 aromatic carbocycles. The van der Waals surface area contributed by atoms with Crippen LogP contribution in [0.1, 0.15) is 24.0 Å². The van der Waals surface area contributed by atoms with Gasteiger partial charge in [0.2, 0.25) is 5.91 Å². The Morgan fingerprint density at radius 2 is 1.89 bits per heavy atom. The van der Waals surface area contributed by atoms with Crippen LogP contribution in [0.25, 0.3) is 0 Å². The van der Waals surface area contributed by atoms with Gasteiger partial charge in [0.25, 0.3) is 5.91 Å². The van der Waals surface area contributed by atoms with Gasteiger partial charge in [-0.15, -0.1) is 11.8 Å². The Bertz CT molecular complexity index is 928. The minimum atomic E-state index is -0.948. The van der Waals surface area contributed by atoms with Crippen LogP contribution < -0.4 is 4.90 Å². The third-order valence-corrected chi connectivity index (χ3v) is 6.97. The number of anilines is 1. The topological polar surface area (TPSA) is 40.6 Å². The van der Waals surface area contributed by atoms with Gasteiger partial charge in [0.15, 0.2) is 4.87 Å². The lowest BCUT2D eigenvalue weighted by molar-refractivity contribution is -0.141. The minimum Gasteiger partial charge on any atom is -0.315 e. The Labute approximate surface area is 161 Å². The van der Waals surface area contributed by atoms with E-state index in [9.17, 15) is 14.0 Å². The summed E-state index contributed by atoms with van der Waals surface area (Å²) in [6.07, 6.45) is 1.84. The average Bonchev–Trinajstić information content (AvgIpc) is 3.40. The molecule has 138 valence electrons. The van der Waals surface area contributed by atoms with E-state index in [1.54, 1.807) is 33.7 Å². The Morgan fingerprint density at radius 3 is 2.63 bits per heavy atom. The Balaban J connectivity index is 1.56. The molecule has 1 spiro atoms. The smallest absolute Gasteiger partial charge is 0.268 e. The molecule has 6 heteroatoms. The van der Waals surface area contributed by atoms with E-state index in [1.807, 2.05) is 24.3 Å². The summed E-state index contributed by atoms with van der Waals surface area (Å²) in [7, 11) is 0. The molecule has 2 aliphatic heterocycles. The second kappa shape index (κ2) is 6.09. The van der Waals surface area contributed by atoms with Crippen molar-refractivity contribution in [2.45, 2.75) is 24.3 Å². The predicted molar refractivity (Wildman–Crippen MR) is 103 cm³/mol. The summed E-state index contributed by atoms with van der Waals surface area (Å²) >= 11 is 1.56. The highest BCUT2D eigenvalue weighted by Gasteiger charge is 2.60. The summed E-state index contributed by atoms with van der Waals surface area (Å²) in [5.74, 6) is 0.571. The van der Waals surface area contributed by atoms with Gasteiger partial charge in [0, 0.05) is 23.8 Å². The molecular weight excluding hydrogens is 363 g/mol. The van der Waals surface area contributed by atoms with Crippen molar-refractivity contribution >= 4 is 29.3 Å². The van der Waals surface area contributed by atoms with E-state index in [-0.39, 0.29) is 23.5 Å². The molecule has 1 atom stereocenters. The highest BCUT2D eigenvalue weighted by Crippen LogP contribution is 2.55. The van der Waals surface area contributed by atoms with E-state index in [0.717, 1.165) is 35.4 Å². The zero-order valence-electron chi connectivity index (χ0n) is 14.7. The van der Waals surface area contributed by atoms with Crippen LogP contribution in [0, 0.1) is 11.7 Å². The minimum absolute atomic E-state index is 0.0653. The molecule has 5 rings (SSSR count). The van der Waals surface area contributed by atoms with Crippen molar-refractivity contribution in [2.75, 3.05) is 17.2 Å². The van der Waals surface area contributed by atoms with Crippen LogP contribution in [0.15, 0.2) is 48.5 Å². The molecule has 2 heterocycles. The summed E-state index contributed by atoms with van der Waals surface area (Å²) in [5.41, 5.74) is 2.60. The summed E-state index contributed by atoms with van der Waals surface area (Å²) in [6.45, 7) is 0.967. The van der Waals surface area contributed by atoms with E-state index >= 15 is 0 Å². The number of benzene rings is 2. The van der Waals surface area contributed by atoms with Gasteiger partial charge in [-0.2, -0.15) is 0 Å². The van der Waals surface area contributed by atoms with Crippen LogP contribution >= 0.6 is 11.8 Å². The zero-order chi connectivity index (χ0) is 18.6. The lowest BCUT2D eigenvalue weighted by Crippen LogP contribution is -2.50. The maximum absolute atomic E-state index is 13.7. The molecule has 2 fully saturated rings. The van der Waals surface area contributed by atoms with Crippen molar-refractivity contribution in [1.29, 1.82) is 0 Å². The largest absolute Gasteiger partial charge is 0.315 e. The van der Waals surface area contributed by atoms with Crippen LogP contribution in [-0.2, 0) is 21.0 Å². The summed E-state index contributed by atoms with van der Waals surface area (Å²) in [4.78, 5) is 29.2. The number of halogens is 1. The van der Waals surface area contributed by atoms with Crippen molar-refractivity contribution < 1.29 is 14.0 Å². The fourth-order valence-corrected chi connectivity index (χ4v) is 5.54. The first-order chi connectivity index (χ1) is 13.1. The molecular formula is C21H19FN2O2S. The fraction of sp³-hybridized carbons (Fsp3) is 0.333. The standard InChI is InChI=1S/C21H19FN2O2S/c22-16-9-5-14(6-10-16)13-23-18-4-2-1-3-17(18)21(20(23)26)24(11-12-27-21)19(25)15-7-8-15/h1-6,9-10,15H,7-8,11-13H2/t21-/m1/s1. The maximum Gasteiger partial charge on any atom is 0.268 e. The average molecular weight is 382 g/mol. The van der Waals surface area contributed by atoms with E-state index in [1.165, 1.54) is 12.1 Å². The number of hydrogen-bond donors (Lipinski definition) is 0. The van der Waals surface area contributed by atoms with Crippen LogP contribution in [0.2, 0.25) is 0 Å². The number of carbonyl (C=O) groups is 2. The summed E-state index contributed by atoms with van der Waals surface area (Å²) in [6, 6.07) is 13.9. The summed E-state index contributed by atoms with van der Waals surface area (Å²) in [5, 5.41) is 0. The number of carbonyl (C=O) groups excluding carboxylic acids is 2. The van der Waals surface area contributed by atoms with Gasteiger partial charge in [-0.3, -0.25) is 9.59 Å². The Hall–Kier alpha value is -2.34. The molecule has 0 N–H and O–H groups in total. The number of para-hydroxylation sites is 1. The van der Waals surface area contributed by atoms with Crippen LogP contribution in [0.5, 0.6) is 0 Å². The summed E-state index contributed by atoms with van der Waals surface area (Å²) < 4.78 is 13.3. The second-order valence-electron chi connectivity index (χ2n) is 7.29. The molecule has 3 aliphatic rings. The van der Waals surface area contributed by atoms with Gasteiger partial charge in [0.1, 0.15) is 5.82 Å². The van der Waals surface area contributed by atoms with Gasteiger partial charge in [-0.05, 0) is 36.6 Å². The SMILES string of the molecule is O=C(C1CC1)N1CCS[C@]12C(=O)N(Cc1ccc(F)cc1)c1ccccc12. The first-order valence-electron chi connectivity index (χ1n) is 9.22. The predicted octanol–water partition coefficient (Wildman–Crippen LogP) is 3.51. The van der Waals surface area contributed by atoms with E-state index in [0.29, 0.717) is 13.1 Å². The van der Waals surface area contributed by atoms with Crippen molar-refractivity contribution in [3.63, 3.8) is 0 Å². The van der Waals surface area contributed by atoms with Crippen molar-refractivity contribution in [3.8, 4) is 0 Å². The van der Waals surface area contributed by atoms with Crippen LogP contribution in [0.4, 0.5) is 10.1 Å². The van der Waals surface area contributed by atoms with Crippen molar-refractivity contribution in [2.24, 2.45) is 5.92 Å². The maximum atomic E-state index is 13.7. The first kappa shape index (κ1) is 16.8. The van der Waals surface area contributed by atoms with Gasteiger partial charge >= 0.3 is 0 Å². The van der Waals surface area contributed by atoms with Crippen LogP contribution in [0.3, 0.4) is 0 Å². The molecule has 0 unspecified atom stereocenters. The highest BCUT2D eigenvalue weighted by molar-refractivity contribution is 8.01. The number of hydrogen-bond acceptors (Lipinski definition) is 3. The number of rotatable bonds is 3. The molecule has 1 aliphatic carbocycles. The fourth-order valence-electron chi connectivity index (χ4n) is 4.07. The normalized spacial score (nSPS) is 24.0. The molecule has 1 saturated heterocycles. The molecule has 4 nitrogen and oxygen atoms in total. The van der Waals surface area contributed by atoms with E-state index < -0.39 is 4.87 Å². The van der Waals surface area contributed by atoms with E-state index in [2.05, 4.69) is 0 Å². The Kier molecular flexibility index (Phi) is 3.79. The molecule has 1 saturated carbocycles. The molecule has 2 aromatic rings. The first-order valence-corrected chi connectivity index (χ1v) is 10.2. The molecule has 27 heavy (non-hydrogen) atoms. The third-order valence-electron chi connectivity index (χ3n) is 5.55. The lowest BCUT2D eigenvalue weighted by Gasteiger charge is -2.33. The molecule has 0 radical (unpaired) electrons. The van der Waals surface area contributed by atoms with E-state index in [4.69, 9.17) is 0 Å². The highest BCUT2D eigenvalue weighted by atomic mass is 32.2. The van der Waals surface area contributed by atoms with Gasteiger partial charge in [0.05, 0.1) is 12.2 Å². The lowest BCUT2D eigenvalue weighted by atomic mass is 10.1.